The molecule has 0 spiro atoms. The van der Waals surface area contributed by atoms with Gasteiger partial charge in [0.25, 0.3) is 0 Å². The number of aliphatic hydroxyl groups excluding tert-OH is 1. The van der Waals surface area contributed by atoms with Crippen LogP contribution in [0.5, 0.6) is 0 Å². The van der Waals surface area contributed by atoms with Crippen LogP contribution in [0.4, 0.5) is 0 Å². The van der Waals surface area contributed by atoms with Gasteiger partial charge in [0, 0.05) is 0 Å². The molecule has 0 saturated heterocycles. The van der Waals surface area contributed by atoms with E-state index in [1.165, 1.54) is 19.3 Å². The minimum absolute atomic E-state index is 0.00838. The Morgan fingerprint density at radius 3 is 2.00 bits per heavy atom. The minimum atomic E-state index is -1.26. The average molecular weight is 324 g/mol. The van der Waals surface area contributed by atoms with Crippen molar-refractivity contribution in [2.75, 3.05) is 26.5 Å². The molecule has 0 aromatic rings. The molecular weight excluding hydrogens is 287 g/mol. The number of carboxylic acid groups (broad SMARTS) is 1. The number of carbonyl (C=O) groups is 1. The Bertz CT molecular complexity index is 258. The minimum Gasteiger partial charge on any atom is -0.480 e. The van der Waals surface area contributed by atoms with Crippen LogP contribution in [0.25, 0.3) is 0 Å². The molecule has 0 saturated carbocycles. The Balaban J connectivity index is 0. The molecule has 0 fully saturated rings. The van der Waals surface area contributed by atoms with E-state index in [1.54, 1.807) is 0 Å². The van der Waals surface area contributed by atoms with Gasteiger partial charge in [0.2, 0.25) is 0 Å². The van der Waals surface area contributed by atoms with Crippen LogP contribution in [0.3, 0.4) is 0 Å². The van der Waals surface area contributed by atoms with Crippen LogP contribution < -0.4 is 11.5 Å². The number of unbranched alkanes of at least 4 members (excludes halogenated alkanes) is 3. The molecule has 0 heterocycles. The standard InChI is InChI=1S/C9H23OP.C6H14N2O2/c1-5-6-7-8-9(10)11(2,3)4;7-4-2-1-3-5(8)6(9)10/h9-11H,5-8H2,1-4H3;5H,1-4,7-8H2,(H,9,10). The summed E-state index contributed by atoms with van der Waals surface area (Å²) in [5.41, 5.74) is 10.4. The van der Waals surface area contributed by atoms with Gasteiger partial charge < -0.3 is 16.6 Å². The fraction of sp³-hybridized carbons (Fsp3) is 0.933. The molecule has 0 aliphatic rings. The summed E-state index contributed by atoms with van der Waals surface area (Å²) in [6.45, 7) is 9.48. The van der Waals surface area contributed by atoms with Crippen molar-refractivity contribution in [2.24, 2.45) is 11.5 Å². The second-order valence-corrected chi connectivity index (χ2v) is 12.0. The molecule has 0 rings (SSSR count). The Labute approximate surface area is 130 Å². The molecule has 130 valence electrons. The summed E-state index contributed by atoms with van der Waals surface area (Å²) < 4.78 is 0. The fourth-order valence-corrected chi connectivity index (χ4v) is 2.72. The van der Waals surface area contributed by atoms with Crippen molar-refractivity contribution in [3.63, 3.8) is 0 Å². The average Bonchev–Trinajstić information content (AvgIpc) is 2.38. The topological polar surface area (TPSA) is 110 Å². The van der Waals surface area contributed by atoms with Crippen molar-refractivity contribution < 1.29 is 15.0 Å². The van der Waals surface area contributed by atoms with E-state index in [0.717, 1.165) is 19.3 Å². The second-order valence-electron chi connectivity index (χ2n) is 6.61. The number of hydrogen-bond donors (Lipinski definition) is 4. The van der Waals surface area contributed by atoms with Gasteiger partial charge in [-0.15, -0.1) is 0 Å². The van der Waals surface area contributed by atoms with E-state index >= 15 is 0 Å². The molecule has 2 unspecified atom stereocenters. The summed E-state index contributed by atoms with van der Waals surface area (Å²) in [7, 11) is -1.26. The number of rotatable bonds is 10. The van der Waals surface area contributed by atoms with Gasteiger partial charge in [-0.25, -0.2) is 0 Å². The molecule has 6 heteroatoms. The molecule has 0 aromatic heterocycles. The Kier molecular flexibility index (Phi) is 14.8. The third kappa shape index (κ3) is 16.0. The molecular formula is C15H37N2O3P. The molecule has 0 bridgehead atoms. The Morgan fingerprint density at radius 2 is 1.62 bits per heavy atom. The molecule has 5 nitrogen and oxygen atoms in total. The molecule has 0 amide bonds. The van der Waals surface area contributed by atoms with E-state index in [9.17, 15) is 9.90 Å². The predicted molar refractivity (Wildman–Crippen MR) is 94.8 cm³/mol. The molecule has 21 heavy (non-hydrogen) atoms. The van der Waals surface area contributed by atoms with Gasteiger partial charge in [0.05, 0.1) is 0 Å². The van der Waals surface area contributed by atoms with Crippen LogP contribution in [0, 0.1) is 0 Å². The van der Waals surface area contributed by atoms with Gasteiger partial charge in [-0.2, -0.15) is 0 Å². The van der Waals surface area contributed by atoms with E-state index < -0.39 is 19.3 Å². The zero-order valence-electron chi connectivity index (χ0n) is 14.3. The van der Waals surface area contributed by atoms with Crippen LogP contribution in [-0.2, 0) is 4.79 Å². The van der Waals surface area contributed by atoms with E-state index in [4.69, 9.17) is 16.6 Å². The van der Waals surface area contributed by atoms with E-state index in [-0.39, 0.29) is 5.85 Å². The first-order chi connectivity index (χ1) is 9.66. The molecule has 0 radical (unpaired) electrons. The SMILES string of the molecule is CCCCCC(O)[PH](C)(C)C.NCCCCC(N)C(=O)O. The van der Waals surface area contributed by atoms with Crippen molar-refractivity contribution >= 4 is 13.2 Å². The first-order valence-electron chi connectivity index (χ1n) is 8.03. The maximum atomic E-state index is 10.1. The van der Waals surface area contributed by atoms with Crippen molar-refractivity contribution in [1.82, 2.24) is 0 Å². The van der Waals surface area contributed by atoms with E-state index in [1.807, 2.05) is 0 Å². The summed E-state index contributed by atoms with van der Waals surface area (Å²) in [5.74, 6) is -0.925. The second kappa shape index (κ2) is 13.4. The maximum Gasteiger partial charge on any atom is 0.320 e. The largest absolute Gasteiger partial charge is 0.480 e. The summed E-state index contributed by atoms with van der Waals surface area (Å²) in [6, 6.07) is -0.716. The van der Waals surface area contributed by atoms with Crippen molar-refractivity contribution in [3.05, 3.63) is 0 Å². The molecule has 2 atom stereocenters. The first-order valence-corrected chi connectivity index (χ1v) is 11.6. The summed E-state index contributed by atoms with van der Waals surface area (Å²) in [6.07, 6.45) is 6.89. The van der Waals surface area contributed by atoms with Gasteiger partial charge in [-0.1, -0.05) is 6.42 Å². The molecule has 0 aromatic carbocycles. The van der Waals surface area contributed by atoms with Crippen LogP contribution in [0.15, 0.2) is 0 Å². The number of nitrogens with two attached hydrogens (primary N) is 2. The summed E-state index contributed by atoms with van der Waals surface area (Å²) in [4.78, 5) is 10.1. The van der Waals surface area contributed by atoms with Gasteiger partial charge in [0.1, 0.15) is 6.04 Å². The fourth-order valence-electron chi connectivity index (χ4n) is 1.65. The van der Waals surface area contributed by atoms with Crippen LogP contribution >= 0.6 is 7.26 Å². The van der Waals surface area contributed by atoms with Gasteiger partial charge in [-0.05, 0) is 19.4 Å². The maximum absolute atomic E-state index is 10.1. The number of hydrogen-bond acceptors (Lipinski definition) is 4. The van der Waals surface area contributed by atoms with Crippen LogP contribution in [-0.4, -0.2) is 54.6 Å². The zero-order chi connectivity index (χ0) is 16.9. The quantitative estimate of drug-likeness (QED) is 0.363. The van der Waals surface area contributed by atoms with Crippen LogP contribution in [0.1, 0.15) is 51.9 Å². The Morgan fingerprint density at radius 1 is 1.10 bits per heavy atom. The molecule has 0 aliphatic carbocycles. The van der Waals surface area contributed by atoms with E-state index in [2.05, 4.69) is 26.9 Å². The first kappa shape index (κ1) is 23.1. The van der Waals surface area contributed by atoms with Gasteiger partial charge in [-0.3, -0.25) is 4.79 Å². The van der Waals surface area contributed by atoms with Crippen molar-refractivity contribution in [2.45, 2.75) is 63.8 Å². The third-order valence-electron chi connectivity index (χ3n) is 3.37. The van der Waals surface area contributed by atoms with Crippen LogP contribution in [0.2, 0.25) is 0 Å². The summed E-state index contributed by atoms with van der Waals surface area (Å²) in [5, 5.41) is 18.0. The molecule has 6 N–H and O–H groups in total. The smallest absolute Gasteiger partial charge is 0.320 e. The normalized spacial score (nSPS) is 14.8. The van der Waals surface area contributed by atoms with Gasteiger partial charge >= 0.3 is 76.8 Å². The Hall–Kier alpha value is -0.220. The van der Waals surface area contributed by atoms with Crippen molar-refractivity contribution in [1.29, 1.82) is 0 Å². The number of aliphatic carboxylic acids is 1. The zero-order valence-corrected chi connectivity index (χ0v) is 15.3. The molecule has 0 aliphatic heterocycles. The third-order valence-corrected chi connectivity index (χ3v) is 5.66. The number of aliphatic hydroxyl groups is 1. The summed E-state index contributed by atoms with van der Waals surface area (Å²) >= 11 is 0. The van der Waals surface area contributed by atoms with Crippen molar-refractivity contribution in [3.8, 4) is 0 Å². The predicted octanol–water partition coefficient (Wildman–Crippen LogP) is 2.05. The van der Waals surface area contributed by atoms with Gasteiger partial charge in [0.15, 0.2) is 0 Å². The van der Waals surface area contributed by atoms with E-state index in [0.29, 0.717) is 13.0 Å². The monoisotopic (exact) mass is 324 g/mol. The number of carboxylic acids is 1.